The summed E-state index contributed by atoms with van der Waals surface area (Å²) >= 11 is 1.03. The van der Waals surface area contributed by atoms with E-state index in [0.717, 1.165) is 29.5 Å². The lowest BCUT2D eigenvalue weighted by Crippen LogP contribution is -2.55. The van der Waals surface area contributed by atoms with Crippen LogP contribution in [0.15, 0.2) is 24.4 Å². The van der Waals surface area contributed by atoms with Crippen LogP contribution in [0, 0.1) is 17.5 Å². The Morgan fingerprint density at radius 2 is 1.91 bits per heavy atom. The Balaban J connectivity index is 1.42. The standard InChI is InChI=1S/C21H22F3N5O3S/c1-10-9-28(21(32)27-20-26-16-6-13(22)14(23)7-17(16)33-20)3-4-29(10)19-15(24)5-12(8-25-19)18(31)11(2)30/h5-8,10-11,18,30-31H,3-4,9H2,1-2H3,(H,26,27,32)/t10?,11-,18+/m1/s1. The minimum Gasteiger partial charge on any atom is -0.390 e. The van der Waals surface area contributed by atoms with Gasteiger partial charge in [-0.3, -0.25) is 5.32 Å². The van der Waals surface area contributed by atoms with Crippen LogP contribution in [-0.4, -0.2) is 62.9 Å². The molecule has 1 unspecified atom stereocenters. The Bertz CT molecular complexity index is 1150. The van der Waals surface area contributed by atoms with Gasteiger partial charge in [0.1, 0.15) is 6.10 Å². The van der Waals surface area contributed by atoms with E-state index in [-0.39, 0.29) is 41.2 Å². The van der Waals surface area contributed by atoms with Crippen LogP contribution in [0.5, 0.6) is 0 Å². The Morgan fingerprint density at radius 3 is 2.58 bits per heavy atom. The zero-order valence-corrected chi connectivity index (χ0v) is 18.6. The fourth-order valence-corrected chi connectivity index (χ4v) is 4.56. The summed E-state index contributed by atoms with van der Waals surface area (Å²) in [5.41, 5.74) is 0.422. The van der Waals surface area contributed by atoms with Crippen molar-refractivity contribution < 1.29 is 28.2 Å². The number of carbonyl (C=O) groups is 1. The first kappa shape index (κ1) is 23.2. The van der Waals surface area contributed by atoms with Crippen LogP contribution < -0.4 is 10.2 Å². The number of anilines is 2. The molecule has 3 atom stereocenters. The van der Waals surface area contributed by atoms with Crippen LogP contribution >= 0.6 is 11.3 Å². The largest absolute Gasteiger partial charge is 0.390 e. The van der Waals surface area contributed by atoms with Crippen LogP contribution in [0.2, 0.25) is 0 Å². The predicted molar refractivity (Wildman–Crippen MR) is 118 cm³/mol. The number of aliphatic hydroxyl groups is 2. The maximum Gasteiger partial charge on any atom is 0.323 e. The van der Waals surface area contributed by atoms with Gasteiger partial charge in [0.2, 0.25) is 0 Å². The first-order chi connectivity index (χ1) is 15.6. The van der Waals surface area contributed by atoms with Gasteiger partial charge in [-0.25, -0.2) is 27.9 Å². The van der Waals surface area contributed by atoms with Crippen molar-refractivity contribution in [2.24, 2.45) is 0 Å². The fourth-order valence-electron chi connectivity index (χ4n) is 3.70. The molecule has 1 aromatic carbocycles. The molecule has 3 aromatic rings. The maximum absolute atomic E-state index is 14.7. The van der Waals surface area contributed by atoms with Gasteiger partial charge in [-0.1, -0.05) is 11.3 Å². The molecule has 0 saturated carbocycles. The number of amides is 2. The minimum atomic E-state index is -1.24. The molecule has 1 saturated heterocycles. The van der Waals surface area contributed by atoms with Crippen molar-refractivity contribution in [3.05, 3.63) is 47.4 Å². The second-order valence-electron chi connectivity index (χ2n) is 7.93. The van der Waals surface area contributed by atoms with Crippen molar-refractivity contribution in [1.82, 2.24) is 14.9 Å². The first-order valence-corrected chi connectivity index (χ1v) is 11.1. The highest BCUT2D eigenvalue weighted by atomic mass is 32.1. The molecule has 0 bridgehead atoms. The first-order valence-electron chi connectivity index (χ1n) is 10.2. The van der Waals surface area contributed by atoms with Gasteiger partial charge in [0.25, 0.3) is 0 Å². The third-order valence-electron chi connectivity index (χ3n) is 5.47. The number of halogens is 3. The van der Waals surface area contributed by atoms with Crippen LogP contribution in [0.25, 0.3) is 10.2 Å². The van der Waals surface area contributed by atoms with Crippen molar-refractivity contribution in [2.45, 2.75) is 32.1 Å². The van der Waals surface area contributed by atoms with E-state index in [2.05, 4.69) is 15.3 Å². The van der Waals surface area contributed by atoms with Gasteiger partial charge < -0.3 is 20.0 Å². The summed E-state index contributed by atoms with van der Waals surface area (Å²) in [7, 11) is 0. The van der Waals surface area contributed by atoms with Gasteiger partial charge in [0.15, 0.2) is 28.4 Å². The topological polar surface area (TPSA) is 102 Å². The predicted octanol–water partition coefficient (Wildman–Crippen LogP) is 3.27. The number of piperazine rings is 1. The molecule has 33 heavy (non-hydrogen) atoms. The van der Waals surface area contributed by atoms with E-state index < -0.39 is 35.7 Å². The quantitative estimate of drug-likeness (QED) is 0.529. The molecule has 176 valence electrons. The van der Waals surface area contributed by atoms with Crippen LogP contribution in [0.3, 0.4) is 0 Å². The van der Waals surface area contributed by atoms with Crippen LogP contribution in [-0.2, 0) is 0 Å². The van der Waals surface area contributed by atoms with Gasteiger partial charge in [0, 0.05) is 43.5 Å². The van der Waals surface area contributed by atoms with E-state index in [4.69, 9.17) is 0 Å². The summed E-state index contributed by atoms with van der Waals surface area (Å²) in [6.07, 6.45) is -0.985. The lowest BCUT2D eigenvalue weighted by atomic mass is 10.1. The SMILES string of the molecule is CC1CN(C(=O)Nc2nc3cc(F)c(F)cc3s2)CCN1c1ncc([C@@H](O)[C@@H](C)O)cc1F. The number of benzene rings is 1. The van der Waals surface area contributed by atoms with E-state index in [1.165, 1.54) is 18.0 Å². The lowest BCUT2D eigenvalue weighted by Gasteiger charge is -2.40. The van der Waals surface area contributed by atoms with Crippen LogP contribution in [0.4, 0.5) is 28.9 Å². The highest BCUT2D eigenvalue weighted by Crippen LogP contribution is 2.29. The van der Waals surface area contributed by atoms with E-state index in [1.807, 2.05) is 6.92 Å². The summed E-state index contributed by atoms with van der Waals surface area (Å²) < 4.78 is 41.9. The normalized spacial score (nSPS) is 18.5. The van der Waals surface area contributed by atoms with E-state index >= 15 is 0 Å². The second-order valence-corrected chi connectivity index (χ2v) is 8.96. The Kier molecular flexibility index (Phi) is 6.41. The fraction of sp³-hybridized carbons (Fsp3) is 0.381. The number of urea groups is 1. The third-order valence-corrected chi connectivity index (χ3v) is 6.41. The molecule has 3 heterocycles. The van der Waals surface area contributed by atoms with E-state index in [9.17, 15) is 28.2 Å². The summed E-state index contributed by atoms with van der Waals surface area (Å²) in [5.74, 6) is -2.53. The van der Waals surface area contributed by atoms with E-state index in [0.29, 0.717) is 11.2 Å². The molecule has 12 heteroatoms. The Labute approximate surface area is 191 Å². The number of carbonyl (C=O) groups excluding carboxylic acids is 1. The molecule has 8 nitrogen and oxygen atoms in total. The Morgan fingerprint density at radius 1 is 1.18 bits per heavy atom. The third kappa shape index (κ3) is 4.72. The molecule has 0 aliphatic carbocycles. The zero-order chi connectivity index (χ0) is 23.9. The van der Waals surface area contributed by atoms with Gasteiger partial charge in [-0.05, 0) is 26.0 Å². The minimum absolute atomic E-state index is 0.0966. The van der Waals surface area contributed by atoms with Gasteiger partial charge in [-0.15, -0.1) is 0 Å². The molecule has 2 amide bonds. The average molecular weight is 482 g/mol. The summed E-state index contributed by atoms with van der Waals surface area (Å²) in [5, 5.41) is 22.3. The molecule has 1 fully saturated rings. The number of pyridine rings is 1. The molecule has 4 rings (SSSR count). The number of thiazole rings is 1. The highest BCUT2D eigenvalue weighted by Gasteiger charge is 2.30. The summed E-state index contributed by atoms with van der Waals surface area (Å²) in [4.78, 5) is 24.2. The van der Waals surface area contributed by atoms with Gasteiger partial charge in [0.05, 0.1) is 16.3 Å². The average Bonchev–Trinajstić information content (AvgIpc) is 3.14. The molecule has 2 aromatic heterocycles. The number of hydrogen-bond donors (Lipinski definition) is 3. The van der Waals surface area contributed by atoms with Crippen molar-refractivity contribution in [3.8, 4) is 0 Å². The van der Waals surface area contributed by atoms with Crippen molar-refractivity contribution >= 4 is 38.5 Å². The number of aromatic nitrogens is 2. The second kappa shape index (κ2) is 9.12. The molecule has 1 aliphatic rings. The number of hydrogen-bond acceptors (Lipinski definition) is 7. The van der Waals surface area contributed by atoms with Crippen LogP contribution in [0.1, 0.15) is 25.5 Å². The molecule has 0 spiro atoms. The molecule has 0 radical (unpaired) electrons. The van der Waals surface area contributed by atoms with Crippen molar-refractivity contribution in [3.63, 3.8) is 0 Å². The zero-order valence-electron chi connectivity index (χ0n) is 17.8. The monoisotopic (exact) mass is 481 g/mol. The molecule has 3 N–H and O–H groups in total. The molecular weight excluding hydrogens is 459 g/mol. The number of rotatable bonds is 4. The van der Waals surface area contributed by atoms with Crippen molar-refractivity contribution in [2.75, 3.05) is 29.9 Å². The lowest BCUT2D eigenvalue weighted by molar-refractivity contribution is 0.0301. The van der Waals surface area contributed by atoms with Gasteiger partial charge in [-0.2, -0.15) is 0 Å². The maximum atomic E-state index is 14.7. The van der Waals surface area contributed by atoms with Crippen molar-refractivity contribution in [1.29, 1.82) is 0 Å². The number of fused-ring (bicyclic) bond motifs is 1. The number of nitrogens with zero attached hydrogens (tertiary/aromatic N) is 4. The molecular formula is C21H22F3N5O3S. The molecule has 1 aliphatic heterocycles. The van der Waals surface area contributed by atoms with Gasteiger partial charge >= 0.3 is 6.03 Å². The summed E-state index contributed by atoms with van der Waals surface area (Å²) in [6.45, 7) is 4.09. The van der Waals surface area contributed by atoms with E-state index in [1.54, 1.807) is 4.90 Å². The summed E-state index contributed by atoms with van der Waals surface area (Å²) in [6, 6.07) is 2.46. The highest BCUT2D eigenvalue weighted by molar-refractivity contribution is 7.22. The number of aliphatic hydroxyl groups excluding tert-OH is 2. The Hall–Kier alpha value is -2.96. The smallest absolute Gasteiger partial charge is 0.323 e. The number of nitrogens with one attached hydrogen (secondary N) is 1.